The molecule has 0 heterocycles. The third-order valence-corrected chi connectivity index (χ3v) is 2.71. The Morgan fingerprint density at radius 3 is 2.38 bits per heavy atom. The molecule has 0 saturated heterocycles. The number of anilines is 1. The average Bonchev–Trinajstić information content (AvgIpc) is 2.45. The van der Waals surface area contributed by atoms with Crippen LogP contribution in [0.2, 0.25) is 0 Å². The monoisotopic (exact) mass is 289 g/mol. The number of carbonyl (C=O) groups excluding carboxylic acids is 3. The van der Waals surface area contributed by atoms with Crippen LogP contribution >= 0.6 is 0 Å². The minimum absolute atomic E-state index is 0.0436. The Bertz CT molecular complexity index is 546. The van der Waals surface area contributed by atoms with E-state index in [9.17, 15) is 14.4 Å². The Kier molecular flexibility index (Phi) is 6.33. The van der Waals surface area contributed by atoms with Gasteiger partial charge < -0.3 is 10.1 Å². The summed E-state index contributed by atoms with van der Waals surface area (Å²) in [5.41, 5.74) is 1.11. The summed E-state index contributed by atoms with van der Waals surface area (Å²) in [4.78, 5) is 34.4. The van der Waals surface area contributed by atoms with Crippen molar-refractivity contribution in [2.24, 2.45) is 0 Å². The van der Waals surface area contributed by atoms with E-state index >= 15 is 0 Å². The topological polar surface area (TPSA) is 72.5 Å². The number of Topliss-reactive ketones (excluding diaryl/α,β-unsaturated/α-hetero) is 1. The van der Waals surface area contributed by atoms with Gasteiger partial charge in [-0.05, 0) is 44.5 Å². The van der Waals surface area contributed by atoms with E-state index in [2.05, 4.69) is 5.32 Å². The van der Waals surface area contributed by atoms with E-state index in [0.717, 1.165) is 6.42 Å². The van der Waals surface area contributed by atoms with Gasteiger partial charge >= 0.3 is 5.97 Å². The molecule has 0 aromatic heterocycles. The van der Waals surface area contributed by atoms with E-state index in [-0.39, 0.29) is 5.78 Å². The van der Waals surface area contributed by atoms with Crippen LogP contribution in [0, 0.1) is 0 Å². The van der Waals surface area contributed by atoms with Gasteiger partial charge in [0.2, 0.25) is 0 Å². The van der Waals surface area contributed by atoms with E-state index in [1.807, 2.05) is 6.92 Å². The number of hydrogen-bond acceptors (Lipinski definition) is 4. The fourth-order valence-corrected chi connectivity index (χ4v) is 1.51. The number of esters is 1. The van der Waals surface area contributed by atoms with Crippen molar-refractivity contribution in [3.05, 3.63) is 42.0 Å². The molecule has 0 bridgehead atoms. The van der Waals surface area contributed by atoms with Crippen LogP contribution in [0.1, 0.15) is 37.6 Å². The van der Waals surface area contributed by atoms with Crippen molar-refractivity contribution in [2.75, 3.05) is 5.32 Å². The Balaban J connectivity index is 2.57. The number of benzene rings is 1. The molecule has 1 amide bonds. The molecule has 112 valence electrons. The molecule has 5 nitrogen and oxygen atoms in total. The lowest BCUT2D eigenvalue weighted by Gasteiger charge is -2.12. The third kappa shape index (κ3) is 5.60. The molecule has 0 fully saturated rings. The van der Waals surface area contributed by atoms with E-state index < -0.39 is 18.0 Å². The molecule has 0 unspecified atom stereocenters. The van der Waals surface area contributed by atoms with Crippen molar-refractivity contribution >= 4 is 23.3 Å². The molecule has 0 saturated carbocycles. The number of amides is 1. The Morgan fingerprint density at radius 1 is 1.24 bits per heavy atom. The Hall–Kier alpha value is -2.43. The maximum Gasteiger partial charge on any atom is 0.331 e. The molecule has 0 spiro atoms. The van der Waals surface area contributed by atoms with Gasteiger partial charge in [0.25, 0.3) is 5.91 Å². The maximum absolute atomic E-state index is 11.9. The first-order chi connectivity index (χ1) is 9.93. The van der Waals surface area contributed by atoms with Gasteiger partial charge in [-0.3, -0.25) is 9.59 Å². The summed E-state index contributed by atoms with van der Waals surface area (Å²) in [5.74, 6) is -1.02. The van der Waals surface area contributed by atoms with Crippen molar-refractivity contribution in [2.45, 2.75) is 33.3 Å². The summed E-state index contributed by atoms with van der Waals surface area (Å²) in [7, 11) is 0. The first kappa shape index (κ1) is 16.6. The summed E-state index contributed by atoms with van der Waals surface area (Å²) in [5, 5.41) is 2.62. The minimum Gasteiger partial charge on any atom is -0.449 e. The second-order valence-corrected chi connectivity index (χ2v) is 4.51. The number of rotatable bonds is 6. The first-order valence-electron chi connectivity index (χ1n) is 6.73. The molecule has 1 aromatic rings. The second kappa shape index (κ2) is 7.99. The fraction of sp³-hybridized carbons (Fsp3) is 0.312. The summed E-state index contributed by atoms with van der Waals surface area (Å²) >= 11 is 0. The highest BCUT2D eigenvalue weighted by Gasteiger charge is 2.16. The van der Waals surface area contributed by atoms with Gasteiger partial charge in [-0.15, -0.1) is 0 Å². The largest absolute Gasteiger partial charge is 0.449 e. The maximum atomic E-state index is 11.9. The SMILES string of the molecule is CC/C=C/C(=O)O[C@@H](C)C(=O)Nc1ccc(C(C)=O)cc1. The van der Waals surface area contributed by atoms with Crippen molar-refractivity contribution in [3.63, 3.8) is 0 Å². The lowest BCUT2D eigenvalue weighted by atomic mass is 10.1. The fourth-order valence-electron chi connectivity index (χ4n) is 1.51. The van der Waals surface area contributed by atoms with Crippen molar-refractivity contribution in [3.8, 4) is 0 Å². The predicted molar refractivity (Wildman–Crippen MR) is 80.1 cm³/mol. The van der Waals surface area contributed by atoms with Crippen LogP contribution in [-0.2, 0) is 14.3 Å². The van der Waals surface area contributed by atoms with Crippen LogP contribution < -0.4 is 5.32 Å². The molecule has 0 aliphatic carbocycles. The molecule has 1 aromatic carbocycles. The minimum atomic E-state index is -0.897. The molecule has 0 radical (unpaired) electrons. The molecule has 0 aliphatic heterocycles. The highest BCUT2D eigenvalue weighted by molar-refractivity contribution is 5.97. The number of ketones is 1. The number of allylic oxidation sites excluding steroid dienone is 1. The Labute approximate surface area is 124 Å². The normalized spacial score (nSPS) is 12.0. The second-order valence-electron chi connectivity index (χ2n) is 4.51. The van der Waals surface area contributed by atoms with E-state index in [4.69, 9.17) is 4.74 Å². The van der Waals surface area contributed by atoms with E-state index in [1.54, 1.807) is 30.3 Å². The summed E-state index contributed by atoms with van der Waals surface area (Å²) < 4.78 is 4.96. The van der Waals surface area contributed by atoms with Crippen molar-refractivity contribution in [1.82, 2.24) is 0 Å². The van der Waals surface area contributed by atoms with Crippen LogP contribution in [-0.4, -0.2) is 23.8 Å². The molecule has 1 atom stereocenters. The number of ether oxygens (including phenoxy) is 1. The summed E-state index contributed by atoms with van der Waals surface area (Å²) in [6, 6.07) is 6.50. The summed E-state index contributed by atoms with van der Waals surface area (Å²) in [6.45, 7) is 4.86. The van der Waals surface area contributed by atoms with Gasteiger partial charge in [-0.2, -0.15) is 0 Å². The standard InChI is InChI=1S/C16H19NO4/c1-4-5-6-15(19)21-12(3)16(20)17-14-9-7-13(8-10-14)11(2)18/h5-10,12H,4H2,1-3H3,(H,17,20)/b6-5+/t12-/m0/s1. The molecule has 0 aliphatic rings. The van der Waals surface area contributed by atoms with Gasteiger partial charge in [0, 0.05) is 17.3 Å². The number of hydrogen-bond donors (Lipinski definition) is 1. The van der Waals surface area contributed by atoms with Gasteiger partial charge in [-0.25, -0.2) is 4.79 Å². The van der Waals surface area contributed by atoms with Crippen LogP contribution in [0.3, 0.4) is 0 Å². The van der Waals surface area contributed by atoms with Crippen LogP contribution in [0.5, 0.6) is 0 Å². The van der Waals surface area contributed by atoms with Gasteiger partial charge in [0.1, 0.15) is 0 Å². The molecule has 21 heavy (non-hydrogen) atoms. The molecule has 1 rings (SSSR count). The molecular weight excluding hydrogens is 270 g/mol. The Morgan fingerprint density at radius 2 is 1.86 bits per heavy atom. The van der Waals surface area contributed by atoms with Crippen LogP contribution in [0.4, 0.5) is 5.69 Å². The molecule has 1 N–H and O–H groups in total. The van der Waals surface area contributed by atoms with Gasteiger partial charge in [-0.1, -0.05) is 13.0 Å². The number of carbonyl (C=O) groups is 3. The predicted octanol–water partition coefficient (Wildman–Crippen LogP) is 2.73. The van der Waals surface area contributed by atoms with E-state index in [1.165, 1.54) is 19.9 Å². The number of nitrogens with one attached hydrogen (secondary N) is 1. The van der Waals surface area contributed by atoms with Gasteiger partial charge in [0.15, 0.2) is 11.9 Å². The zero-order valence-corrected chi connectivity index (χ0v) is 12.4. The van der Waals surface area contributed by atoms with Crippen molar-refractivity contribution in [1.29, 1.82) is 0 Å². The lowest BCUT2D eigenvalue weighted by molar-refractivity contribution is -0.148. The van der Waals surface area contributed by atoms with E-state index in [0.29, 0.717) is 11.3 Å². The first-order valence-corrected chi connectivity index (χ1v) is 6.73. The van der Waals surface area contributed by atoms with Crippen molar-refractivity contribution < 1.29 is 19.1 Å². The highest BCUT2D eigenvalue weighted by Crippen LogP contribution is 2.11. The van der Waals surface area contributed by atoms with Gasteiger partial charge in [0.05, 0.1) is 0 Å². The van der Waals surface area contributed by atoms with Crippen LogP contribution in [0.25, 0.3) is 0 Å². The smallest absolute Gasteiger partial charge is 0.331 e. The lowest BCUT2D eigenvalue weighted by Crippen LogP contribution is -2.29. The molecule has 5 heteroatoms. The quantitative estimate of drug-likeness (QED) is 0.496. The highest BCUT2D eigenvalue weighted by atomic mass is 16.5. The third-order valence-electron chi connectivity index (χ3n) is 2.71. The summed E-state index contributed by atoms with van der Waals surface area (Å²) in [6.07, 6.45) is 2.78. The molecular formula is C16H19NO4. The van der Waals surface area contributed by atoms with Crippen LogP contribution in [0.15, 0.2) is 36.4 Å². The average molecular weight is 289 g/mol. The zero-order valence-electron chi connectivity index (χ0n) is 12.4. The zero-order chi connectivity index (χ0) is 15.8.